The summed E-state index contributed by atoms with van der Waals surface area (Å²) < 4.78 is 28.7. The van der Waals surface area contributed by atoms with Gasteiger partial charge in [0.1, 0.15) is 42.7 Å². The molecular weight excluding hydrogens is 640 g/mol. The smallest absolute Gasteiger partial charge is 0.335 e. The number of ether oxygens (including phenoxy) is 4. The predicted molar refractivity (Wildman–Crippen MR) is 181 cm³/mol. The van der Waals surface area contributed by atoms with Crippen LogP contribution in [0.15, 0.2) is 39.3 Å². The molecule has 4 aliphatic carbocycles. The Bertz CT molecular complexity index is 1450. The average molecular weight is 703 g/mol. The van der Waals surface area contributed by atoms with Crippen molar-refractivity contribution in [3.05, 3.63) is 46.0 Å². The van der Waals surface area contributed by atoms with Gasteiger partial charge in [0.15, 0.2) is 12.6 Å². The van der Waals surface area contributed by atoms with Crippen molar-refractivity contribution in [2.45, 2.75) is 151 Å². The Balaban J connectivity index is 0.00000202. The van der Waals surface area contributed by atoms with Gasteiger partial charge in [-0.15, -0.1) is 0 Å². The number of hydrogen-bond donors (Lipinski definition) is 7. The van der Waals surface area contributed by atoms with E-state index in [9.17, 15) is 40.5 Å². The maximum atomic E-state index is 12.5. The van der Waals surface area contributed by atoms with Crippen LogP contribution in [0.3, 0.4) is 0 Å². The van der Waals surface area contributed by atoms with E-state index in [-0.39, 0.29) is 41.5 Å². The number of rotatable bonds is 6. The molecule has 7 rings (SSSR count). The fourth-order valence-corrected chi connectivity index (χ4v) is 10.7. The Kier molecular flexibility index (Phi) is 9.48. The van der Waals surface area contributed by atoms with Crippen LogP contribution in [0, 0.1) is 22.7 Å². The Morgan fingerprint density at radius 1 is 0.857 bits per heavy atom. The first kappa shape index (κ1) is 35.6. The molecule has 17 atom stereocenters. The van der Waals surface area contributed by atoms with Crippen molar-refractivity contribution in [2.24, 2.45) is 22.7 Å². The van der Waals surface area contributed by atoms with E-state index in [1.807, 2.05) is 6.07 Å². The number of fused-ring (bicyclic) bond motifs is 5. The molecule has 0 radical (unpaired) electrons. The van der Waals surface area contributed by atoms with E-state index >= 15 is 0 Å². The van der Waals surface area contributed by atoms with E-state index < -0.39 is 73.6 Å². The van der Waals surface area contributed by atoms with E-state index in [1.165, 1.54) is 11.6 Å². The molecule has 6 aliphatic rings. The molecule has 2 aliphatic heterocycles. The zero-order valence-corrected chi connectivity index (χ0v) is 28.3. The molecule has 3 heterocycles. The largest absolute Gasteiger partial charge is 0.431 e. The molecule has 0 spiro atoms. The fraction of sp³-hybridized carbons (Fsp3) is 0.806. The molecule has 0 aromatic carbocycles. The van der Waals surface area contributed by atoms with Gasteiger partial charge in [-0.2, -0.15) is 0 Å². The summed E-state index contributed by atoms with van der Waals surface area (Å²) in [5.41, 5.74) is 0.613. The second-order valence-electron chi connectivity index (χ2n) is 15.9. The minimum absolute atomic E-state index is 0. The summed E-state index contributed by atoms with van der Waals surface area (Å²) in [5.74, 6) is 0.549. The topological polar surface area (TPSA) is 209 Å². The van der Waals surface area contributed by atoms with E-state index in [4.69, 9.17) is 23.4 Å². The molecule has 0 amide bonds. The summed E-state index contributed by atoms with van der Waals surface area (Å²) in [5, 5.41) is 75.1. The molecule has 3 saturated carbocycles. The quantitative estimate of drug-likeness (QED) is 0.212. The van der Waals surface area contributed by atoms with Gasteiger partial charge in [-0.1, -0.05) is 25.5 Å². The van der Waals surface area contributed by atoms with Crippen LogP contribution in [-0.2, 0) is 18.9 Å². The summed E-state index contributed by atoms with van der Waals surface area (Å²) in [6.07, 6.45) is -3.95. The Morgan fingerprint density at radius 2 is 1.61 bits per heavy atom. The zero-order chi connectivity index (χ0) is 35.0. The third-order valence-electron chi connectivity index (χ3n) is 13.6. The fourth-order valence-electron chi connectivity index (χ4n) is 10.7. The van der Waals surface area contributed by atoms with Crippen LogP contribution < -0.4 is 5.63 Å². The van der Waals surface area contributed by atoms with Gasteiger partial charge in [0.05, 0.1) is 30.7 Å². The number of aliphatic hydroxyl groups is 7. The van der Waals surface area contributed by atoms with Crippen LogP contribution in [0.5, 0.6) is 0 Å². The maximum Gasteiger partial charge on any atom is 0.335 e. The molecule has 1 aromatic rings. The Morgan fingerprint density at radius 3 is 2.33 bits per heavy atom. The zero-order valence-electron chi connectivity index (χ0n) is 28.3. The van der Waals surface area contributed by atoms with Crippen molar-refractivity contribution in [3.8, 4) is 0 Å². The van der Waals surface area contributed by atoms with Crippen molar-refractivity contribution in [2.75, 3.05) is 6.61 Å². The van der Waals surface area contributed by atoms with E-state index in [0.29, 0.717) is 18.8 Å². The average Bonchev–Trinajstić information content (AvgIpc) is 3.36. The molecule has 2 saturated heterocycles. The molecule has 7 N–H and O–H groups in total. The highest BCUT2D eigenvalue weighted by atomic mass is 16.7. The Hall–Kier alpha value is -1.75. The minimum Gasteiger partial charge on any atom is -0.431 e. The van der Waals surface area contributed by atoms with Gasteiger partial charge in [-0.3, -0.25) is 0 Å². The van der Waals surface area contributed by atoms with Crippen molar-refractivity contribution < 1.29 is 66.2 Å². The lowest BCUT2D eigenvalue weighted by atomic mass is 9.45. The monoisotopic (exact) mass is 702 g/mol. The van der Waals surface area contributed by atoms with Gasteiger partial charge in [0, 0.05) is 18.6 Å². The summed E-state index contributed by atoms with van der Waals surface area (Å²) in [6, 6.07) is 3.32. The molecule has 49 heavy (non-hydrogen) atoms. The van der Waals surface area contributed by atoms with Gasteiger partial charge in [0.25, 0.3) is 0 Å². The van der Waals surface area contributed by atoms with Crippen molar-refractivity contribution >= 4 is 0 Å². The summed E-state index contributed by atoms with van der Waals surface area (Å²) in [4.78, 5) is 11.6. The second-order valence-corrected chi connectivity index (χ2v) is 15.9. The third kappa shape index (κ3) is 5.68. The molecule has 17 unspecified atom stereocenters. The van der Waals surface area contributed by atoms with E-state index in [1.54, 1.807) is 13.2 Å². The molecular formula is C36H62O13. The normalized spacial score (nSPS) is 51.3. The highest BCUT2D eigenvalue weighted by molar-refractivity contribution is 5.31. The van der Waals surface area contributed by atoms with Crippen LogP contribution in [0.1, 0.15) is 90.8 Å². The summed E-state index contributed by atoms with van der Waals surface area (Å²) in [7, 11) is 0. The molecule has 0 bridgehead atoms. The van der Waals surface area contributed by atoms with Gasteiger partial charge in [-0.25, -0.2) is 4.79 Å². The van der Waals surface area contributed by atoms with Crippen molar-refractivity contribution in [1.29, 1.82) is 0 Å². The van der Waals surface area contributed by atoms with E-state index in [0.717, 1.165) is 44.1 Å². The maximum absolute atomic E-state index is 12.5. The lowest BCUT2D eigenvalue weighted by molar-refractivity contribution is -0.359. The predicted octanol–water partition coefficient (Wildman–Crippen LogP) is 2.07. The van der Waals surface area contributed by atoms with Crippen molar-refractivity contribution in [1.82, 2.24) is 0 Å². The van der Waals surface area contributed by atoms with Gasteiger partial charge >= 0.3 is 5.63 Å². The van der Waals surface area contributed by atoms with Gasteiger partial charge in [0.2, 0.25) is 0 Å². The Labute approximate surface area is 292 Å². The first-order valence-corrected chi connectivity index (χ1v) is 17.9. The molecule has 284 valence electrons. The highest BCUT2D eigenvalue weighted by Crippen LogP contribution is 2.70. The lowest BCUT2D eigenvalue weighted by Gasteiger charge is -2.62. The summed E-state index contributed by atoms with van der Waals surface area (Å²) >= 11 is 0. The molecule has 5 fully saturated rings. The van der Waals surface area contributed by atoms with Crippen LogP contribution in [0.25, 0.3) is 0 Å². The number of allylic oxidation sites excluding steroid dienone is 1. The van der Waals surface area contributed by atoms with Crippen molar-refractivity contribution in [3.63, 3.8) is 0 Å². The van der Waals surface area contributed by atoms with Gasteiger partial charge in [-0.05, 0) is 93.1 Å². The highest BCUT2D eigenvalue weighted by Gasteiger charge is 2.67. The minimum atomic E-state index is -1.70. The lowest BCUT2D eigenvalue weighted by Crippen LogP contribution is -2.64. The van der Waals surface area contributed by atoms with Crippen LogP contribution in [0.2, 0.25) is 0 Å². The first-order valence-electron chi connectivity index (χ1n) is 17.9. The van der Waals surface area contributed by atoms with Gasteiger partial charge < -0.3 is 59.1 Å². The SMILES string of the molecule is CC1OC(OC2C=C3CCC4C(CCC5(C)C(c6ccc(=O)oc6)CCC45O)C3(C)CC2)C(O)C(OC2OC(CO)C(O)C(O)C2O)C1O.[HH].[HH].[HH].[HH].[HH]. The molecule has 13 nitrogen and oxygen atoms in total. The van der Waals surface area contributed by atoms with Crippen LogP contribution in [0.4, 0.5) is 0 Å². The van der Waals surface area contributed by atoms with Crippen LogP contribution in [-0.4, -0.2) is 115 Å². The standard InChI is InChI=1S/C36H52O13.5H2/c1-17-26(39)31(49-32-29(42)28(41)27(40)24(15-37)48-32)30(43)33(46-17)47-20-8-11-34(2)19(14-20)5-6-23-22(34)9-12-35(3)21(10-13-36(23,35)44)18-4-7-25(38)45-16-18;;;;;/h4,7,14,16-17,20-24,26-33,37,39-44H,5-6,8-13,15H2,1-3H3;5*1H. The first-order chi connectivity index (χ1) is 23.2. The summed E-state index contributed by atoms with van der Waals surface area (Å²) in [6.45, 7) is 5.49. The molecule has 13 heteroatoms. The van der Waals surface area contributed by atoms with Crippen LogP contribution >= 0.6 is 0 Å². The number of aliphatic hydroxyl groups excluding tert-OH is 6. The van der Waals surface area contributed by atoms with E-state index in [2.05, 4.69) is 19.9 Å². The second kappa shape index (κ2) is 13.0. The third-order valence-corrected chi connectivity index (χ3v) is 13.6. The molecule has 1 aromatic heterocycles. The number of hydrogen-bond acceptors (Lipinski definition) is 13.